The van der Waals surface area contributed by atoms with Crippen LogP contribution in [0.2, 0.25) is 0 Å². The van der Waals surface area contributed by atoms with E-state index < -0.39 is 0 Å². The Hall–Kier alpha value is -3.19. The summed E-state index contributed by atoms with van der Waals surface area (Å²) in [6.45, 7) is 0. The average Bonchev–Trinajstić information content (AvgIpc) is 3.32. The molecule has 7 heteroatoms. The number of nitrogens with zero attached hydrogens (tertiary/aromatic N) is 3. The number of carbonyl (C=O) groups is 1. The molecule has 0 bridgehead atoms. The Balaban J connectivity index is 1.83. The summed E-state index contributed by atoms with van der Waals surface area (Å²) in [5.74, 6) is -0.370. The molecule has 0 spiro atoms. The van der Waals surface area contributed by atoms with E-state index in [1.165, 1.54) is 7.11 Å². The van der Waals surface area contributed by atoms with Gasteiger partial charge in [0.15, 0.2) is 5.11 Å². The molecule has 3 heterocycles. The van der Waals surface area contributed by atoms with Gasteiger partial charge in [0.1, 0.15) is 0 Å². The predicted octanol–water partition coefficient (Wildman–Crippen LogP) is 3.26. The number of ether oxygens (including phenoxy) is 1. The number of hydrogen-bond acceptors (Lipinski definition) is 4. The molecule has 142 valence electrons. The molecule has 4 rings (SSSR count). The normalized spacial score (nSPS) is 18.8. The highest BCUT2D eigenvalue weighted by molar-refractivity contribution is 7.80. The van der Waals surface area contributed by atoms with E-state index in [9.17, 15) is 4.79 Å². The minimum atomic E-state index is -0.370. The van der Waals surface area contributed by atoms with E-state index in [4.69, 9.17) is 17.0 Å². The summed E-state index contributed by atoms with van der Waals surface area (Å²) < 4.78 is 6.98. The van der Waals surface area contributed by atoms with Crippen LogP contribution >= 0.6 is 12.2 Å². The first-order valence-corrected chi connectivity index (χ1v) is 9.32. The predicted molar refractivity (Wildman–Crippen MR) is 110 cm³/mol. The van der Waals surface area contributed by atoms with E-state index >= 15 is 0 Å². The number of benzene rings is 1. The second-order valence-electron chi connectivity index (χ2n) is 6.55. The topological polar surface area (TPSA) is 59.4 Å². The van der Waals surface area contributed by atoms with E-state index in [2.05, 4.69) is 10.3 Å². The Morgan fingerprint density at radius 1 is 1.14 bits per heavy atom. The van der Waals surface area contributed by atoms with Crippen LogP contribution in [0.4, 0.5) is 0 Å². The van der Waals surface area contributed by atoms with E-state index in [1.54, 1.807) is 12.3 Å². The van der Waals surface area contributed by atoms with Crippen LogP contribution in [0.1, 0.15) is 33.8 Å². The molecule has 1 aliphatic rings. The zero-order chi connectivity index (χ0) is 19.7. The molecule has 28 heavy (non-hydrogen) atoms. The van der Waals surface area contributed by atoms with E-state index in [0.717, 1.165) is 17.1 Å². The summed E-state index contributed by atoms with van der Waals surface area (Å²) in [5, 5.41) is 4.04. The van der Waals surface area contributed by atoms with E-state index in [1.807, 2.05) is 71.2 Å². The third kappa shape index (κ3) is 3.03. The van der Waals surface area contributed by atoms with Crippen molar-refractivity contribution in [2.45, 2.75) is 12.1 Å². The summed E-state index contributed by atoms with van der Waals surface area (Å²) in [4.78, 5) is 18.8. The molecule has 2 unspecified atom stereocenters. The van der Waals surface area contributed by atoms with Crippen LogP contribution in [0.25, 0.3) is 5.69 Å². The van der Waals surface area contributed by atoms with Crippen LogP contribution in [0.5, 0.6) is 0 Å². The van der Waals surface area contributed by atoms with Gasteiger partial charge in [0, 0.05) is 25.1 Å². The summed E-state index contributed by atoms with van der Waals surface area (Å²) in [6.07, 6.45) is 3.73. The number of nitrogens with one attached hydrogen (secondary N) is 1. The highest BCUT2D eigenvalue weighted by Gasteiger charge is 2.39. The molecule has 0 radical (unpaired) electrons. The average molecular weight is 392 g/mol. The maximum atomic E-state index is 12.3. The van der Waals surface area contributed by atoms with Gasteiger partial charge >= 0.3 is 5.97 Å². The van der Waals surface area contributed by atoms with Gasteiger partial charge in [-0.25, -0.2) is 4.79 Å². The fourth-order valence-electron chi connectivity index (χ4n) is 3.65. The second-order valence-corrected chi connectivity index (χ2v) is 6.94. The lowest BCUT2D eigenvalue weighted by Crippen LogP contribution is -2.26. The number of thiocarbonyl (C=S) groups is 1. The number of para-hydroxylation sites is 1. The molecule has 1 N–H and O–H groups in total. The van der Waals surface area contributed by atoms with Gasteiger partial charge in [0.2, 0.25) is 0 Å². The number of pyridine rings is 1. The SMILES string of the molecule is COC(=O)c1ccccc1-n1cccc1C1C(c2ccccn2)NC(=S)N1C. The van der Waals surface area contributed by atoms with E-state index in [0.29, 0.717) is 10.7 Å². The van der Waals surface area contributed by atoms with Crippen LogP contribution in [0, 0.1) is 0 Å². The smallest absolute Gasteiger partial charge is 0.339 e. The largest absolute Gasteiger partial charge is 0.465 e. The Kier molecular flexibility index (Phi) is 4.83. The summed E-state index contributed by atoms with van der Waals surface area (Å²) in [7, 11) is 3.35. The zero-order valence-electron chi connectivity index (χ0n) is 15.6. The molecule has 2 atom stereocenters. The van der Waals surface area contributed by atoms with Crippen molar-refractivity contribution in [1.29, 1.82) is 0 Å². The summed E-state index contributed by atoms with van der Waals surface area (Å²) in [5.41, 5.74) is 3.18. The van der Waals surface area contributed by atoms with Crippen LogP contribution in [0.3, 0.4) is 0 Å². The molecule has 6 nitrogen and oxygen atoms in total. The second kappa shape index (κ2) is 7.44. The molecule has 1 saturated heterocycles. The number of esters is 1. The Bertz CT molecular complexity index is 1020. The molecule has 3 aromatic rings. The van der Waals surface area contributed by atoms with Crippen molar-refractivity contribution in [3.63, 3.8) is 0 Å². The lowest BCUT2D eigenvalue weighted by atomic mass is 10.0. The Morgan fingerprint density at radius 2 is 1.93 bits per heavy atom. The molecule has 1 fully saturated rings. The molecular weight excluding hydrogens is 372 g/mol. The molecule has 0 amide bonds. The number of carbonyl (C=O) groups excluding carboxylic acids is 1. The number of methoxy groups -OCH3 is 1. The van der Waals surface area contributed by atoms with Crippen molar-refractivity contribution in [1.82, 2.24) is 19.8 Å². The Morgan fingerprint density at radius 3 is 2.68 bits per heavy atom. The molecule has 2 aromatic heterocycles. The molecule has 0 aliphatic carbocycles. The molecular formula is C21H20N4O2S. The summed E-state index contributed by atoms with van der Waals surface area (Å²) in [6, 6.07) is 17.1. The highest BCUT2D eigenvalue weighted by atomic mass is 32.1. The van der Waals surface area contributed by atoms with Crippen molar-refractivity contribution in [2.75, 3.05) is 14.2 Å². The van der Waals surface area contributed by atoms with Crippen molar-refractivity contribution < 1.29 is 9.53 Å². The fraction of sp³-hybridized carbons (Fsp3) is 0.190. The number of aromatic nitrogens is 2. The summed E-state index contributed by atoms with van der Waals surface area (Å²) >= 11 is 5.52. The third-order valence-electron chi connectivity index (χ3n) is 4.99. The van der Waals surface area contributed by atoms with Gasteiger partial charge in [-0.1, -0.05) is 18.2 Å². The number of rotatable bonds is 4. The number of hydrogen-bond donors (Lipinski definition) is 1. The molecule has 1 aliphatic heterocycles. The monoisotopic (exact) mass is 392 g/mol. The van der Waals surface area contributed by atoms with Gasteiger partial charge < -0.3 is 19.5 Å². The maximum Gasteiger partial charge on any atom is 0.339 e. The van der Waals surface area contributed by atoms with Gasteiger partial charge in [-0.05, 0) is 48.6 Å². The van der Waals surface area contributed by atoms with Crippen LogP contribution in [0.15, 0.2) is 67.0 Å². The van der Waals surface area contributed by atoms with Crippen molar-refractivity contribution >= 4 is 23.3 Å². The maximum absolute atomic E-state index is 12.3. The van der Waals surface area contributed by atoms with Crippen molar-refractivity contribution in [2.24, 2.45) is 0 Å². The molecule has 0 saturated carbocycles. The first-order valence-electron chi connectivity index (χ1n) is 8.91. The standard InChI is InChI=1S/C21H20N4O2S/c1-24-19(18(23-21(24)28)15-9-5-6-12-22-15)17-11-7-13-25(17)16-10-4-3-8-14(16)20(26)27-2/h3-13,18-19H,1-2H3,(H,23,28). The van der Waals surface area contributed by atoms with Crippen molar-refractivity contribution in [3.05, 3.63) is 83.9 Å². The van der Waals surface area contributed by atoms with Crippen LogP contribution in [-0.4, -0.2) is 39.7 Å². The third-order valence-corrected chi connectivity index (χ3v) is 5.40. The van der Waals surface area contributed by atoms with Gasteiger partial charge in [0.25, 0.3) is 0 Å². The zero-order valence-corrected chi connectivity index (χ0v) is 16.4. The van der Waals surface area contributed by atoms with Gasteiger partial charge in [0.05, 0.1) is 36.1 Å². The number of likely N-dealkylation sites (N-methyl/N-ethyl adjacent to an activating group) is 1. The van der Waals surface area contributed by atoms with Gasteiger partial charge in [-0.15, -0.1) is 0 Å². The highest BCUT2D eigenvalue weighted by Crippen LogP contribution is 2.38. The first-order chi connectivity index (χ1) is 13.6. The lowest BCUT2D eigenvalue weighted by Gasteiger charge is -2.26. The van der Waals surface area contributed by atoms with Crippen molar-refractivity contribution in [3.8, 4) is 5.69 Å². The molecule has 1 aromatic carbocycles. The fourth-order valence-corrected chi connectivity index (χ4v) is 3.89. The first kappa shape index (κ1) is 18.2. The van der Waals surface area contributed by atoms with Gasteiger partial charge in [-0.2, -0.15) is 0 Å². The van der Waals surface area contributed by atoms with E-state index in [-0.39, 0.29) is 18.1 Å². The van der Waals surface area contributed by atoms with Crippen LogP contribution < -0.4 is 5.32 Å². The van der Waals surface area contributed by atoms with Crippen LogP contribution in [-0.2, 0) is 4.74 Å². The Labute approximate surface area is 168 Å². The quantitative estimate of drug-likeness (QED) is 0.543. The van der Waals surface area contributed by atoms with Gasteiger partial charge in [-0.3, -0.25) is 4.98 Å². The minimum absolute atomic E-state index is 0.0805. The minimum Gasteiger partial charge on any atom is -0.465 e. The lowest BCUT2D eigenvalue weighted by molar-refractivity contribution is 0.0600.